The number of benzene rings is 2. The largest absolute Gasteiger partial charge is 0.491 e. The van der Waals surface area contributed by atoms with Crippen molar-refractivity contribution in [1.82, 2.24) is 15.3 Å². The first-order valence-electron chi connectivity index (χ1n) is 17.1. The average Bonchev–Trinajstić information content (AvgIpc) is 3.61. The number of ether oxygens (including phenoxy) is 3. The van der Waals surface area contributed by atoms with Gasteiger partial charge in [0.05, 0.1) is 52.2 Å². The maximum atomic E-state index is 11.4. The zero-order chi connectivity index (χ0) is 39.0. The van der Waals surface area contributed by atoms with Crippen LogP contribution in [0.1, 0.15) is 59.3 Å². The zero-order valence-corrected chi connectivity index (χ0v) is 34.0. The Bertz CT molecular complexity index is 2380. The molecule has 2 saturated carbocycles. The average molecular weight is 845 g/mol. The fraction of sp³-hybridized carbons (Fsp3) is 0.457. The summed E-state index contributed by atoms with van der Waals surface area (Å²) in [6, 6.07) is 7.86. The van der Waals surface area contributed by atoms with Crippen LogP contribution in [-0.2, 0) is 20.0 Å². The molecular formula is C35H40Cl3N5O9S2. The van der Waals surface area contributed by atoms with Crippen molar-refractivity contribution < 1.29 is 40.1 Å². The van der Waals surface area contributed by atoms with E-state index in [1.165, 1.54) is 56.9 Å². The second-order valence-corrected chi connectivity index (χ2v) is 19.1. The highest BCUT2D eigenvalue weighted by Gasteiger charge is 2.42. The predicted octanol–water partition coefficient (Wildman–Crippen LogP) is 9.32. The first kappa shape index (κ1) is 40.0. The molecule has 19 heteroatoms. The summed E-state index contributed by atoms with van der Waals surface area (Å²) < 4.78 is 78.0. The molecule has 2 bridgehead atoms. The van der Waals surface area contributed by atoms with Crippen molar-refractivity contribution >= 4 is 88.4 Å². The minimum Gasteiger partial charge on any atom is -0.491 e. The van der Waals surface area contributed by atoms with Crippen LogP contribution >= 0.6 is 34.8 Å². The van der Waals surface area contributed by atoms with Crippen molar-refractivity contribution in [1.29, 1.82) is 0 Å². The van der Waals surface area contributed by atoms with Gasteiger partial charge in [-0.2, -0.15) is 0 Å². The standard InChI is InChI=1S/C19H25ClN2O4S.C16H15Cl2N3O5S/c1-12-6-13-4-3-5-19(9-12,10-13)11-25-17-8-16-14(7-15(17)20)18(21-26-16)22-27(2,23)24;1-8(2)24-16-12(18)4-9(7-19-16)25-14-6-13-10(5-11(14)17)15(20-26-13)21-27(3,22)23/h7-8,12-13H,3-6,9-11H2,1-2H3,(H,21,22);4-8H,1-3H3,(H,20,21). The molecule has 2 fully saturated rings. The van der Waals surface area contributed by atoms with E-state index in [-0.39, 0.29) is 38.9 Å². The molecule has 3 aromatic heterocycles. The van der Waals surface area contributed by atoms with E-state index in [4.69, 9.17) is 58.1 Å². The van der Waals surface area contributed by atoms with Gasteiger partial charge in [0.2, 0.25) is 25.9 Å². The molecule has 0 radical (unpaired) electrons. The number of hydrogen-bond acceptors (Lipinski definition) is 12. The van der Waals surface area contributed by atoms with Crippen LogP contribution in [0.5, 0.6) is 23.1 Å². The fourth-order valence-corrected chi connectivity index (χ4v) is 8.87. The van der Waals surface area contributed by atoms with E-state index >= 15 is 0 Å². The van der Waals surface area contributed by atoms with E-state index in [0.29, 0.717) is 50.9 Å². The summed E-state index contributed by atoms with van der Waals surface area (Å²) in [7, 11) is -6.96. The van der Waals surface area contributed by atoms with Crippen molar-refractivity contribution in [2.75, 3.05) is 28.6 Å². The van der Waals surface area contributed by atoms with Gasteiger partial charge < -0.3 is 23.3 Å². The Hall–Kier alpha value is -3.70. The van der Waals surface area contributed by atoms with Gasteiger partial charge in [0.15, 0.2) is 22.8 Å². The van der Waals surface area contributed by atoms with Crippen LogP contribution in [0.25, 0.3) is 21.9 Å². The van der Waals surface area contributed by atoms with Gasteiger partial charge in [-0.1, -0.05) is 64.9 Å². The summed E-state index contributed by atoms with van der Waals surface area (Å²) in [5.41, 5.74) is 0.972. The monoisotopic (exact) mass is 843 g/mol. The number of halogens is 3. The number of nitrogens with one attached hydrogen (secondary N) is 2. The lowest BCUT2D eigenvalue weighted by molar-refractivity contribution is 0.00492. The normalized spacial score (nSPS) is 20.0. The van der Waals surface area contributed by atoms with Crippen molar-refractivity contribution in [3.8, 4) is 23.1 Å². The first-order valence-corrected chi connectivity index (χ1v) is 22.0. The first-order chi connectivity index (χ1) is 25.3. The van der Waals surface area contributed by atoms with E-state index in [1.54, 1.807) is 18.2 Å². The van der Waals surface area contributed by atoms with E-state index < -0.39 is 20.0 Å². The van der Waals surface area contributed by atoms with Crippen molar-refractivity contribution in [2.24, 2.45) is 17.3 Å². The number of anilines is 2. The summed E-state index contributed by atoms with van der Waals surface area (Å²) in [6.07, 6.45) is 11.0. The minimum atomic E-state index is -3.51. The van der Waals surface area contributed by atoms with E-state index in [2.05, 4.69) is 31.7 Å². The second kappa shape index (κ2) is 15.8. The minimum absolute atomic E-state index is 0.0425. The third-order valence-corrected chi connectivity index (χ3v) is 11.1. The van der Waals surface area contributed by atoms with Gasteiger partial charge >= 0.3 is 0 Å². The van der Waals surface area contributed by atoms with Crippen molar-refractivity contribution in [3.05, 3.63) is 51.6 Å². The quantitative estimate of drug-likeness (QED) is 0.129. The highest BCUT2D eigenvalue weighted by atomic mass is 35.5. The maximum Gasteiger partial charge on any atom is 0.233 e. The summed E-state index contributed by atoms with van der Waals surface area (Å²) >= 11 is 18.8. The Morgan fingerprint density at radius 3 is 2.04 bits per heavy atom. The fourth-order valence-electron chi connectivity index (χ4n) is 7.25. The second-order valence-electron chi connectivity index (χ2n) is 14.4. The van der Waals surface area contributed by atoms with E-state index in [1.807, 2.05) is 13.8 Å². The molecule has 7 rings (SSSR count). The summed E-state index contributed by atoms with van der Waals surface area (Å²) in [5, 5.41) is 9.34. The molecule has 54 heavy (non-hydrogen) atoms. The Morgan fingerprint density at radius 1 is 0.870 bits per heavy atom. The molecule has 2 aliphatic carbocycles. The molecule has 0 amide bonds. The third-order valence-electron chi connectivity index (χ3n) is 9.06. The molecule has 14 nitrogen and oxygen atoms in total. The van der Waals surface area contributed by atoms with Crippen LogP contribution in [0.3, 0.4) is 0 Å². The molecule has 2 aliphatic rings. The van der Waals surface area contributed by atoms with E-state index in [9.17, 15) is 16.8 Å². The van der Waals surface area contributed by atoms with Gasteiger partial charge in [-0.3, -0.25) is 9.44 Å². The molecule has 3 unspecified atom stereocenters. The number of pyridine rings is 1. The van der Waals surface area contributed by atoms with Gasteiger partial charge in [-0.15, -0.1) is 0 Å². The van der Waals surface area contributed by atoms with Crippen LogP contribution in [-0.4, -0.2) is 57.4 Å². The van der Waals surface area contributed by atoms with Crippen LogP contribution in [0.4, 0.5) is 11.6 Å². The molecule has 2 aromatic carbocycles. The lowest BCUT2D eigenvalue weighted by Crippen LogP contribution is -2.40. The van der Waals surface area contributed by atoms with Crippen LogP contribution in [0.2, 0.25) is 15.1 Å². The van der Waals surface area contributed by atoms with Gasteiger partial charge in [-0.25, -0.2) is 21.8 Å². The highest BCUT2D eigenvalue weighted by molar-refractivity contribution is 7.92. The molecule has 5 aromatic rings. The number of nitrogens with zero attached hydrogens (tertiary/aromatic N) is 3. The third kappa shape index (κ3) is 9.93. The van der Waals surface area contributed by atoms with Gasteiger partial charge in [-0.05, 0) is 63.5 Å². The Labute approximate surface area is 328 Å². The number of sulfonamides is 2. The molecule has 292 valence electrons. The van der Waals surface area contributed by atoms with Crippen LogP contribution in [0.15, 0.2) is 45.6 Å². The molecule has 0 spiro atoms. The molecule has 0 aliphatic heterocycles. The van der Waals surface area contributed by atoms with Crippen molar-refractivity contribution in [2.45, 2.75) is 65.4 Å². The summed E-state index contributed by atoms with van der Waals surface area (Å²) in [5.74, 6) is 3.20. The molecule has 2 N–H and O–H groups in total. The number of rotatable bonds is 11. The van der Waals surface area contributed by atoms with Crippen LogP contribution < -0.4 is 23.7 Å². The SMILES string of the molecule is CC(C)Oc1ncc(Oc2cc3onc(NS(C)(=O)=O)c3cc2Cl)cc1Cl.CC1CC2CCCC(COc3cc4onc(NS(C)(=O)=O)c4cc3Cl)(C1)C2. The Morgan fingerprint density at radius 2 is 1.46 bits per heavy atom. The predicted molar refractivity (Wildman–Crippen MR) is 208 cm³/mol. The Kier molecular flexibility index (Phi) is 11.7. The molecule has 3 heterocycles. The number of fused-ring (bicyclic) bond motifs is 4. The molecular weight excluding hydrogens is 805 g/mol. The highest BCUT2D eigenvalue weighted by Crippen LogP contribution is 2.51. The van der Waals surface area contributed by atoms with E-state index in [0.717, 1.165) is 24.3 Å². The number of aromatic nitrogens is 3. The smallest absolute Gasteiger partial charge is 0.233 e. The van der Waals surface area contributed by atoms with Gasteiger partial charge in [0, 0.05) is 23.6 Å². The topological polar surface area (TPSA) is 185 Å². The lowest BCUT2D eigenvalue weighted by Gasteiger charge is -2.47. The molecule has 0 saturated heterocycles. The summed E-state index contributed by atoms with van der Waals surface area (Å²) in [6.45, 7) is 6.72. The summed E-state index contributed by atoms with van der Waals surface area (Å²) in [4.78, 5) is 4.12. The van der Waals surface area contributed by atoms with Crippen LogP contribution in [0, 0.1) is 17.3 Å². The zero-order valence-electron chi connectivity index (χ0n) is 30.1. The maximum absolute atomic E-state index is 11.4. The van der Waals surface area contributed by atoms with Gasteiger partial charge in [0.1, 0.15) is 22.3 Å². The lowest BCUT2D eigenvalue weighted by atomic mass is 9.59. The van der Waals surface area contributed by atoms with Crippen molar-refractivity contribution in [3.63, 3.8) is 0 Å². The number of hydrogen-bond donors (Lipinski definition) is 2. The molecule has 3 atom stereocenters. The Balaban J connectivity index is 0.000000184. The van der Waals surface area contributed by atoms with Gasteiger partial charge in [0.25, 0.3) is 0 Å².